The molecule has 0 fully saturated rings. The molecule has 0 bridgehead atoms. The van der Waals surface area contributed by atoms with Crippen LogP contribution >= 0.6 is 11.8 Å². The molecule has 0 spiro atoms. The van der Waals surface area contributed by atoms with E-state index in [2.05, 4.69) is 5.32 Å². The Morgan fingerprint density at radius 3 is 2.54 bits per heavy atom. The average Bonchev–Trinajstić information content (AvgIpc) is 3.36. The van der Waals surface area contributed by atoms with E-state index in [9.17, 15) is 9.59 Å². The van der Waals surface area contributed by atoms with Gasteiger partial charge in [-0.2, -0.15) is 0 Å². The van der Waals surface area contributed by atoms with Gasteiger partial charge in [-0.15, -0.1) is 0 Å². The smallest absolute Gasteiger partial charge is 0.338 e. The molecule has 0 aromatic heterocycles. The Morgan fingerprint density at radius 2 is 1.87 bits per heavy atom. The van der Waals surface area contributed by atoms with E-state index >= 15 is 0 Å². The van der Waals surface area contributed by atoms with Gasteiger partial charge >= 0.3 is 5.97 Å². The number of hydrogen-bond acceptors (Lipinski definition) is 8. The maximum absolute atomic E-state index is 13.2. The molecule has 0 aliphatic carbocycles. The summed E-state index contributed by atoms with van der Waals surface area (Å²) in [6.45, 7) is 6.36. The molecule has 2 atom stereocenters. The second-order valence-electron chi connectivity index (χ2n) is 9.34. The molecule has 0 radical (unpaired) electrons. The Morgan fingerprint density at radius 1 is 1.10 bits per heavy atom. The van der Waals surface area contributed by atoms with Crippen molar-refractivity contribution in [2.24, 2.45) is 4.99 Å². The first-order valence-corrected chi connectivity index (χ1v) is 14.0. The average molecular weight is 550 g/mol. The van der Waals surface area contributed by atoms with Gasteiger partial charge in [0.25, 0.3) is 0 Å². The Labute approximate surface area is 234 Å². The van der Waals surface area contributed by atoms with Crippen molar-refractivity contribution < 1.29 is 23.8 Å². The van der Waals surface area contributed by atoms with E-state index in [0.29, 0.717) is 35.8 Å². The molecule has 4 rings (SSSR count). The SMILES string of the molecule is CCC1=C(C(=O)OC)[C@@H](c2ccc(OCc3ccccc3)c(OC)c2)N2C(CC(=O)N[C@@H](C)CC)=CSC2=N1. The number of nitrogens with one attached hydrogen (secondary N) is 1. The fourth-order valence-corrected chi connectivity index (χ4v) is 5.47. The molecule has 1 amide bonds. The Bertz CT molecular complexity index is 1300. The van der Waals surface area contributed by atoms with Gasteiger partial charge in [0.1, 0.15) is 6.61 Å². The van der Waals surface area contributed by atoms with Crippen LogP contribution in [-0.4, -0.2) is 42.2 Å². The first-order chi connectivity index (χ1) is 18.9. The summed E-state index contributed by atoms with van der Waals surface area (Å²) in [5, 5.41) is 5.69. The molecule has 2 aromatic carbocycles. The van der Waals surface area contributed by atoms with Gasteiger partial charge in [-0.3, -0.25) is 4.79 Å². The normalized spacial score (nSPS) is 17.2. The molecule has 2 aliphatic heterocycles. The number of rotatable bonds is 11. The number of esters is 1. The van der Waals surface area contributed by atoms with E-state index in [-0.39, 0.29) is 18.4 Å². The molecule has 2 heterocycles. The highest BCUT2D eigenvalue weighted by atomic mass is 32.2. The molecular formula is C30H35N3O5S. The van der Waals surface area contributed by atoms with Crippen molar-refractivity contribution in [1.29, 1.82) is 0 Å². The molecule has 0 saturated carbocycles. The maximum Gasteiger partial charge on any atom is 0.338 e. The zero-order chi connectivity index (χ0) is 27.9. The van der Waals surface area contributed by atoms with Crippen LogP contribution in [0.3, 0.4) is 0 Å². The largest absolute Gasteiger partial charge is 0.493 e. The standard InChI is InChI=1S/C30H35N3O5S/c1-6-19(3)31-26(34)16-22-18-39-30-32-23(7-2)27(29(35)37-5)28(33(22)30)21-13-14-24(25(15-21)36-4)38-17-20-11-9-8-10-12-20/h8-15,18-19,28H,6-7,16-17H2,1-5H3,(H,31,34)/t19-,28+/m0/s1. The fourth-order valence-electron chi connectivity index (χ4n) is 4.53. The van der Waals surface area contributed by atoms with Crippen LogP contribution in [0.2, 0.25) is 0 Å². The van der Waals surface area contributed by atoms with Crippen molar-refractivity contribution in [2.45, 2.75) is 58.7 Å². The molecule has 9 heteroatoms. The van der Waals surface area contributed by atoms with Crippen molar-refractivity contribution >= 4 is 28.8 Å². The number of nitrogens with zero attached hydrogens (tertiary/aromatic N) is 2. The van der Waals surface area contributed by atoms with Crippen molar-refractivity contribution in [3.63, 3.8) is 0 Å². The number of benzene rings is 2. The van der Waals surface area contributed by atoms with Crippen LogP contribution < -0.4 is 14.8 Å². The molecular weight excluding hydrogens is 514 g/mol. The zero-order valence-electron chi connectivity index (χ0n) is 23.0. The number of ether oxygens (including phenoxy) is 3. The summed E-state index contributed by atoms with van der Waals surface area (Å²) in [5.74, 6) is 0.599. The summed E-state index contributed by atoms with van der Waals surface area (Å²) in [5.41, 5.74) is 3.71. The van der Waals surface area contributed by atoms with E-state index < -0.39 is 12.0 Å². The predicted molar refractivity (Wildman–Crippen MR) is 153 cm³/mol. The number of aliphatic imine (C=N–C) groups is 1. The molecule has 8 nitrogen and oxygen atoms in total. The molecule has 39 heavy (non-hydrogen) atoms. The van der Waals surface area contributed by atoms with Crippen LogP contribution in [0.5, 0.6) is 11.5 Å². The summed E-state index contributed by atoms with van der Waals surface area (Å²) >= 11 is 1.45. The summed E-state index contributed by atoms with van der Waals surface area (Å²) in [6.07, 6.45) is 1.56. The number of methoxy groups -OCH3 is 2. The van der Waals surface area contributed by atoms with E-state index in [4.69, 9.17) is 19.2 Å². The number of hydrogen-bond donors (Lipinski definition) is 1. The van der Waals surface area contributed by atoms with Crippen LogP contribution in [-0.2, 0) is 20.9 Å². The summed E-state index contributed by atoms with van der Waals surface area (Å²) in [4.78, 5) is 32.8. The summed E-state index contributed by atoms with van der Waals surface area (Å²) < 4.78 is 17.0. The number of amides is 1. The minimum absolute atomic E-state index is 0.0716. The highest BCUT2D eigenvalue weighted by molar-refractivity contribution is 8.16. The van der Waals surface area contributed by atoms with Crippen molar-refractivity contribution in [1.82, 2.24) is 10.2 Å². The van der Waals surface area contributed by atoms with E-state index in [0.717, 1.165) is 28.4 Å². The van der Waals surface area contributed by atoms with Gasteiger partial charge in [-0.1, -0.05) is 62.0 Å². The highest BCUT2D eigenvalue weighted by Gasteiger charge is 2.41. The lowest BCUT2D eigenvalue weighted by molar-refractivity contribution is -0.136. The van der Waals surface area contributed by atoms with Gasteiger partial charge in [0.15, 0.2) is 16.7 Å². The van der Waals surface area contributed by atoms with Gasteiger partial charge in [0, 0.05) is 11.7 Å². The number of thioether (sulfide) groups is 1. The van der Waals surface area contributed by atoms with Gasteiger partial charge in [0.2, 0.25) is 5.91 Å². The third-order valence-electron chi connectivity index (χ3n) is 6.73. The van der Waals surface area contributed by atoms with E-state index in [1.165, 1.54) is 18.9 Å². The van der Waals surface area contributed by atoms with Crippen LogP contribution in [0, 0.1) is 0 Å². The first-order valence-electron chi connectivity index (χ1n) is 13.1. The number of fused-ring (bicyclic) bond motifs is 1. The summed E-state index contributed by atoms with van der Waals surface area (Å²) in [6, 6.07) is 15.1. The van der Waals surface area contributed by atoms with E-state index in [1.807, 2.05) is 79.6 Å². The lowest BCUT2D eigenvalue weighted by atomic mass is 9.92. The molecule has 2 aromatic rings. The Hall–Kier alpha value is -3.72. The fraction of sp³-hybridized carbons (Fsp3) is 0.367. The predicted octanol–water partition coefficient (Wildman–Crippen LogP) is 5.72. The third-order valence-corrected chi connectivity index (χ3v) is 7.62. The number of carbonyl (C=O) groups is 2. The second-order valence-corrected chi connectivity index (χ2v) is 10.2. The minimum atomic E-state index is -0.547. The van der Waals surface area contributed by atoms with Gasteiger partial charge in [-0.25, -0.2) is 9.79 Å². The molecule has 0 unspecified atom stereocenters. The Kier molecular flexibility index (Phi) is 9.35. The number of amidine groups is 1. The molecule has 2 aliphatic rings. The first kappa shape index (κ1) is 28.3. The van der Waals surface area contributed by atoms with E-state index in [1.54, 1.807) is 7.11 Å². The monoisotopic (exact) mass is 549 g/mol. The third kappa shape index (κ3) is 6.30. The molecule has 0 saturated heterocycles. The zero-order valence-corrected chi connectivity index (χ0v) is 23.8. The van der Waals surface area contributed by atoms with Gasteiger partial charge in [-0.05, 0) is 48.4 Å². The minimum Gasteiger partial charge on any atom is -0.493 e. The molecule has 1 N–H and O–H groups in total. The molecule has 206 valence electrons. The van der Waals surface area contributed by atoms with Gasteiger partial charge in [0.05, 0.1) is 38.0 Å². The van der Waals surface area contributed by atoms with Gasteiger partial charge < -0.3 is 24.4 Å². The van der Waals surface area contributed by atoms with Crippen LogP contribution in [0.25, 0.3) is 0 Å². The van der Waals surface area contributed by atoms with Crippen LogP contribution in [0.4, 0.5) is 0 Å². The number of carbonyl (C=O) groups excluding carboxylic acids is 2. The highest BCUT2D eigenvalue weighted by Crippen LogP contribution is 2.46. The lowest BCUT2D eigenvalue weighted by Gasteiger charge is -2.36. The quantitative estimate of drug-likeness (QED) is 0.359. The summed E-state index contributed by atoms with van der Waals surface area (Å²) in [7, 11) is 2.96. The van der Waals surface area contributed by atoms with Crippen molar-refractivity contribution in [3.8, 4) is 11.5 Å². The Balaban J connectivity index is 1.71. The van der Waals surface area contributed by atoms with Crippen LogP contribution in [0.1, 0.15) is 57.2 Å². The number of allylic oxidation sites excluding steroid dienone is 1. The lowest BCUT2D eigenvalue weighted by Crippen LogP contribution is -2.39. The topological polar surface area (TPSA) is 89.5 Å². The van der Waals surface area contributed by atoms with Crippen molar-refractivity contribution in [3.05, 3.63) is 82.0 Å². The van der Waals surface area contributed by atoms with Crippen molar-refractivity contribution in [2.75, 3.05) is 14.2 Å². The maximum atomic E-state index is 13.2. The second kappa shape index (κ2) is 12.9. The van der Waals surface area contributed by atoms with Crippen LogP contribution in [0.15, 0.2) is 75.9 Å².